The number of hydrogen-bond acceptors (Lipinski definition) is 7. The summed E-state index contributed by atoms with van der Waals surface area (Å²) in [5, 5.41) is 7.11. The normalized spacial score (nSPS) is 12.3. The number of benzene rings is 2. The number of nitrogens with zero attached hydrogens (tertiary/aromatic N) is 2. The topological polar surface area (TPSA) is 56.3 Å². The van der Waals surface area contributed by atoms with Crippen LogP contribution in [0.3, 0.4) is 0 Å². The highest BCUT2D eigenvalue weighted by Gasteiger charge is 2.16. The number of nitrogens with one attached hydrogen (secondary N) is 1. The van der Waals surface area contributed by atoms with Gasteiger partial charge < -0.3 is 14.8 Å². The van der Waals surface area contributed by atoms with E-state index in [2.05, 4.69) is 24.4 Å². The molecule has 0 unspecified atom stereocenters. The van der Waals surface area contributed by atoms with Crippen molar-refractivity contribution < 1.29 is 9.47 Å². The average Bonchev–Trinajstić information content (AvgIpc) is 3.41. The summed E-state index contributed by atoms with van der Waals surface area (Å²) in [6, 6.07) is 16.0. The van der Waals surface area contributed by atoms with E-state index in [1.165, 1.54) is 4.88 Å². The molecule has 2 aromatic heterocycles. The Morgan fingerprint density at radius 1 is 1.00 bits per heavy atom. The monoisotopic (exact) mass is 393 g/mol. The van der Waals surface area contributed by atoms with Gasteiger partial charge in [0.2, 0.25) is 6.79 Å². The molecule has 0 fully saturated rings. The van der Waals surface area contributed by atoms with Crippen LogP contribution in [0.15, 0.2) is 53.9 Å². The summed E-state index contributed by atoms with van der Waals surface area (Å²) >= 11 is 3.22. The number of thiazole rings is 2. The van der Waals surface area contributed by atoms with E-state index < -0.39 is 0 Å². The van der Waals surface area contributed by atoms with Crippen molar-refractivity contribution in [2.45, 2.75) is 6.92 Å². The van der Waals surface area contributed by atoms with Crippen molar-refractivity contribution in [3.05, 3.63) is 58.8 Å². The van der Waals surface area contributed by atoms with Crippen molar-refractivity contribution >= 4 is 33.5 Å². The minimum absolute atomic E-state index is 0.271. The molecule has 7 heteroatoms. The lowest BCUT2D eigenvalue weighted by molar-refractivity contribution is 0.174. The molecule has 4 aromatic rings. The Bertz CT molecular complexity index is 1110. The fourth-order valence-electron chi connectivity index (χ4n) is 2.90. The van der Waals surface area contributed by atoms with Gasteiger partial charge in [0, 0.05) is 27.6 Å². The van der Waals surface area contributed by atoms with Crippen LogP contribution in [0, 0.1) is 6.92 Å². The van der Waals surface area contributed by atoms with Crippen molar-refractivity contribution in [3.8, 4) is 33.5 Å². The Hall–Kier alpha value is -2.90. The van der Waals surface area contributed by atoms with Gasteiger partial charge in [-0.15, -0.1) is 22.7 Å². The zero-order chi connectivity index (χ0) is 18.2. The number of aromatic nitrogens is 2. The number of hydrogen-bond donors (Lipinski definition) is 1. The molecule has 0 saturated heterocycles. The van der Waals surface area contributed by atoms with Crippen LogP contribution in [0.2, 0.25) is 0 Å². The third kappa shape index (κ3) is 3.15. The SMILES string of the molecule is Cc1sc(-c2csc(Nc3ccc4c(c3)OCO4)n2)nc1-c1ccccc1. The summed E-state index contributed by atoms with van der Waals surface area (Å²) in [6.07, 6.45) is 0. The van der Waals surface area contributed by atoms with Crippen LogP contribution < -0.4 is 14.8 Å². The minimum Gasteiger partial charge on any atom is -0.454 e. The molecule has 134 valence electrons. The molecule has 0 saturated carbocycles. The van der Waals surface area contributed by atoms with E-state index in [4.69, 9.17) is 19.4 Å². The quantitative estimate of drug-likeness (QED) is 0.481. The Morgan fingerprint density at radius 2 is 1.85 bits per heavy atom. The Labute approximate surface area is 164 Å². The Kier molecular flexibility index (Phi) is 4.03. The molecule has 1 aliphatic heterocycles. The largest absolute Gasteiger partial charge is 0.454 e. The summed E-state index contributed by atoms with van der Waals surface area (Å²) in [6.45, 7) is 2.37. The average molecular weight is 393 g/mol. The predicted molar refractivity (Wildman–Crippen MR) is 109 cm³/mol. The zero-order valence-electron chi connectivity index (χ0n) is 14.4. The number of aryl methyl sites for hydroxylation is 1. The second-order valence-corrected chi connectivity index (χ2v) is 8.08. The second kappa shape index (κ2) is 6.68. The summed E-state index contributed by atoms with van der Waals surface area (Å²) < 4.78 is 10.8. The molecular weight excluding hydrogens is 378 g/mol. The number of anilines is 2. The molecule has 0 spiro atoms. The van der Waals surface area contributed by atoms with Crippen molar-refractivity contribution in [2.24, 2.45) is 0 Å². The van der Waals surface area contributed by atoms with Gasteiger partial charge in [0.15, 0.2) is 16.6 Å². The zero-order valence-corrected chi connectivity index (χ0v) is 16.1. The van der Waals surface area contributed by atoms with Gasteiger partial charge in [-0.25, -0.2) is 9.97 Å². The Morgan fingerprint density at radius 3 is 2.74 bits per heavy atom. The van der Waals surface area contributed by atoms with Crippen molar-refractivity contribution in [2.75, 3.05) is 12.1 Å². The van der Waals surface area contributed by atoms with Gasteiger partial charge >= 0.3 is 0 Å². The van der Waals surface area contributed by atoms with E-state index in [0.717, 1.165) is 44.3 Å². The summed E-state index contributed by atoms with van der Waals surface area (Å²) in [5.41, 5.74) is 3.96. The molecule has 0 radical (unpaired) electrons. The highest BCUT2D eigenvalue weighted by Crippen LogP contribution is 2.37. The van der Waals surface area contributed by atoms with E-state index in [9.17, 15) is 0 Å². The maximum atomic E-state index is 5.42. The summed E-state index contributed by atoms with van der Waals surface area (Å²) in [7, 11) is 0. The third-order valence-corrected chi connectivity index (χ3v) is 5.94. The molecule has 0 aliphatic carbocycles. The molecule has 5 rings (SSSR count). The molecule has 3 heterocycles. The first-order valence-electron chi connectivity index (χ1n) is 8.42. The third-order valence-electron chi connectivity index (χ3n) is 4.19. The van der Waals surface area contributed by atoms with E-state index in [1.807, 2.05) is 41.8 Å². The van der Waals surface area contributed by atoms with Crippen molar-refractivity contribution in [3.63, 3.8) is 0 Å². The molecule has 27 heavy (non-hydrogen) atoms. The minimum atomic E-state index is 0.271. The van der Waals surface area contributed by atoms with E-state index in [0.29, 0.717) is 0 Å². The highest BCUT2D eigenvalue weighted by atomic mass is 32.1. The molecule has 5 nitrogen and oxygen atoms in total. The smallest absolute Gasteiger partial charge is 0.231 e. The summed E-state index contributed by atoms with van der Waals surface area (Å²) in [4.78, 5) is 10.7. The van der Waals surface area contributed by atoms with Crippen molar-refractivity contribution in [1.29, 1.82) is 0 Å². The molecule has 0 amide bonds. The van der Waals surface area contributed by atoms with Gasteiger partial charge in [0.05, 0.1) is 5.69 Å². The maximum absolute atomic E-state index is 5.42. The molecule has 0 bridgehead atoms. The maximum Gasteiger partial charge on any atom is 0.231 e. The van der Waals surface area contributed by atoms with Crippen LogP contribution in [0.5, 0.6) is 11.5 Å². The van der Waals surface area contributed by atoms with E-state index in [-0.39, 0.29) is 6.79 Å². The van der Waals surface area contributed by atoms with Crippen LogP contribution >= 0.6 is 22.7 Å². The fraction of sp³-hybridized carbons (Fsp3) is 0.100. The van der Waals surface area contributed by atoms with Crippen LogP contribution in [0.25, 0.3) is 22.0 Å². The van der Waals surface area contributed by atoms with E-state index >= 15 is 0 Å². The molecule has 1 N–H and O–H groups in total. The number of rotatable bonds is 4. The first-order chi connectivity index (χ1) is 13.3. The highest BCUT2D eigenvalue weighted by molar-refractivity contribution is 7.17. The van der Waals surface area contributed by atoms with Crippen LogP contribution in [0.4, 0.5) is 10.8 Å². The van der Waals surface area contributed by atoms with Crippen molar-refractivity contribution in [1.82, 2.24) is 9.97 Å². The number of ether oxygens (including phenoxy) is 2. The fourth-order valence-corrected chi connectivity index (χ4v) is 4.58. The predicted octanol–water partition coefficient (Wildman–Crippen LogP) is 5.71. The van der Waals surface area contributed by atoms with Crippen LogP contribution in [-0.2, 0) is 0 Å². The van der Waals surface area contributed by atoms with Gasteiger partial charge in [-0.05, 0) is 19.1 Å². The Balaban J connectivity index is 1.39. The molecule has 0 atom stereocenters. The van der Waals surface area contributed by atoms with Gasteiger partial charge in [-0.1, -0.05) is 30.3 Å². The molecular formula is C20H15N3O2S2. The van der Waals surface area contributed by atoms with Crippen LogP contribution in [-0.4, -0.2) is 16.8 Å². The van der Waals surface area contributed by atoms with Gasteiger partial charge in [-0.2, -0.15) is 0 Å². The lowest BCUT2D eigenvalue weighted by Crippen LogP contribution is -1.93. The first kappa shape index (κ1) is 16.3. The molecule has 2 aromatic carbocycles. The first-order valence-corrected chi connectivity index (χ1v) is 10.1. The van der Waals surface area contributed by atoms with Crippen LogP contribution in [0.1, 0.15) is 4.88 Å². The second-order valence-electron chi connectivity index (χ2n) is 6.02. The summed E-state index contributed by atoms with van der Waals surface area (Å²) in [5.74, 6) is 1.52. The van der Waals surface area contributed by atoms with Gasteiger partial charge in [-0.3, -0.25) is 0 Å². The molecule has 1 aliphatic rings. The lowest BCUT2D eigenvalue weighted by Gasteiger charge is -2.03. The van der Waals surface area contributed by atoms with Gasteiger partial charge in [0.25, 0.3) is 0 Å². The number of fused-ring (bicyclic) bond motifs is 1. The van der Waals surface area contributed by atoms with Gasteiger partial charge in [0.1, 0.15) is 10.7 Å². The van der Waals surface area contributed by atoms with E-state index in [1.54, 1.807) is 22.7 Å². The standard InChI is InChI=1S/C20H15N3O2S2/c1-12-18(13-5-3-2-4-6-13)23-19(27-12)15-10-26-20(22-15)21-14-7-8-16-17(9-14)25-11-24-16/h2-10H,11H2,1H3,(H,21,22). The lowest BCUT2D eigenvalue weighted by atomic mass is 10.1.